The monoisotopic (exact) mass is 372 g/mol. The van der Waals surface area contributed by atoms with Crippen molar-refractivity contribution in [1.29, 1.82) is 0 Å². The molecule has 2 fully saturated rings. The molecule has 2 atom stereocenters. The van der Waals surface area contributed by atoms with Crippen LogP contribution in [0.25, 0.3) is 6.08 Å². The van der Waals surface area contributed by atoms with Gasteiger partial charge in [0, 0.05) is 29.8 Å². The van der Waals surface area contributed by atoms with E-state index in [-0.39, 0.29) is 22.8 Å². The number of carbonyl (C=O) groups is 1. The van der Waals surface area contributed by atoms with Gasteiger partial charge in [-0.2, -0.15) is 12.6 Å². The van der Waals surface area contributed by atoms with Crippen LogP contribution in [0.1, 0.15) is 36.6 Å². The zero-order chi connectivity index (χ0) is 18.1. The lowest BCUT2D eigenvalue weighted by atomic mass is 9.93. The third kappa shape index (κ3) is 3.62. The van der Waals surface area contributed by atoms with Crippen LogP contribution in [0.3, 0.4) is 0 Å². The van der Waals surface area contributed by atoms with Crippen LogP contribution in [-0.2, 0) is 4.79 Å². The Hall–Kier alpha value is -1.92. The average molecular weight is 372 g/mol. The fraction of sp³-hybridized carbons (Fsp3) is 0.400. The van der Waals surface area contributed by atoms with Crippen LogP contribution >= 0.6 is 12.6 Å². The van der Waals surface area contributed by atoms with Crippen LogP contribution in [0.4, 0.5) is 4.39 Å². The lowest BCUT2D eigenvalue weighted by molar-refractivity contribution is -0.126. The predicted octanol–water partition coefficient (Wildman–Crippen LogP) is 3.92. The number of carbonyl (C=O) groups excluding carboxylic acids is 1. The van der Waals surface area contributed by atoms with Gasteiger partial charge in [-0.05, 0) is 37.0 Å². The van der Waals surface area contributed by atoms with E-state index in [0.29, 0.717) is 18.7 Å². The first-order chi connectivity index (χ1) is 12.6. The van der Waals surface area contributed by atoms with Gasteiger partial charge in [-0.15, -0.1) is 0 Å². The van der Waals surface area contributed by atoms with Crippen molar-refractivity contribution in [1.82, 2.24) is 9.88 Å². The van der Waals surface area contributed by atoms with Crippen LogP contribution in [0.2, 0.25) is 0 Å². The van der Waals surface area contributed by atoms with Crippen molar-refractivity contribution in [3.8, 4) is 0 Å². The van der Waals surface area contributed by atoms with Crippen molar-refractivity contribution in [3.05, 3.63) is 59.6 Å². The Labute approximate surface area is 157 Å². The molecule has 136 valence electrons. The number of likely N-dealkylation sites (tertiary alicyclic amines) is 1. The molecule has 4 rings (SSSR count). The highest BCUT2D eigenvalue weighted by Gasteiger charge is 2.40. The summed E-state index contributed by atoms with van der Waals surface area (Å²) in [5.41, 5.74) is 2.28. The summed E-state index contributed by atoms with van der Waals surface area (Å²) < 4.78 is 19.5. The zero-order valence-corrected chi connectivity index (χ0v) is 15.2. The highest BCUT2D eigenvalue weighted by atomic mass is 32.1. The van der Waals surface area contributed by atoms with Crippen LogP contribution < -0.4 is 0 Å². The number of piperidine rings is 1. The second-order valence-electron chi connectivity index (χ2n) is 7.01. The number of nitrogens with zero attached hydrogens (tertiary/aromatic N) is 2. The zero-order valence-electron chi connectivity index (χ0n) is 14.3. The minimum Gasteiger partial charge on any atom is -0.451 e. The van der Waals surface area contributed by atoms with Crippen molar-refractivity contribution >= 4 is 24.5 Å². The number of Topliss-reactive ketones (excluding diaryl/α,β-unsaturated/α-hetero) is 1. The highest BCUT2D eigenvalue weighted by Crippen LogP contribution is 2.39. The number of benzene rings is 1. The van der Waals surface area contributed by atoms with Crippen molar-refractivity contribution in [2.75, 3.05) is 13.1 Å². The van der Waals surface area contributed by atoms with E-state index in [1.165, 1.54) is 12.5 Å². The second-order valence-corrected chi connectivity index (χ2v) is 7.63. The molecular weight excluding hydrogens is 351 g/mol. The number of ketones is 1. The molecule has 2 heterocycles. The summed E-state index contributed by atoms with van der Waals surface area (Å²) in [6.45, 7) is 1.28. The number of rotatable bonds is 5. The van der Waals surface area contributed by atoms with E-state index in [9.17, 15) is 9.18 Å². The summed E-state index contributed by atoms with van der Waals surface area (Å²) in [6.07, 6.45) is 7.54. The van der Waals surface area contributed by atoms with Gasteiger partial charge in [0.25, 0.3) is 0 Å². The first-order valence-electron chi connectivity index (χ1n) is 8.92. The van der Waals surface area contributed by atoms with E-state index in [0.717, 1.165) is 30.5 Å². The van der Waals surface area contributed by atoms with Crippen molar-refractivity contribution in [3.63, 3.8) is 0 Å². The minimum absolute atomic E-state index is 0.0660. The molecule has 0 bridgehead atoms. The van der Waals surface area contributed by atoms with Gasteiger partial charge in [0.05, 0.1) is 6.04 Å². The van der Waals surface area contributed by atoms with Crippen molar-refractivity contribution in [2.24, 2.45) is 5.92 Å². The Bertz CT molecular complexity index is 817. The minimum atomic E-state index is -0.537. The smallest absolute Gasteiger partial charge is 0.181 e. The van der Waals surface area contributed by atoms with Gasteiger partial charge in [-0.1, -0.05) is 18.2 Å². The Kier molecular flexibility index (Phi) is 4.96. The molecule has 26 heavy (non-hydrogen) atoms. The highest BCUT2D eigenvalue weighted by molar-refractivity contribution is 7.81. The van der Waals surface area contributed by atoms with E-state index in [1.807, 2.05) is 6.08 Å². The molecular formula is C20H21FN2O2S. The molecule has 0 spiro atoms. The van der Waals surface area contributed by atoms with Crippen LogP contribution in [0.15, 0.2) is 46.9 Å². The van der Waals surface area contributed by atoms with Gasteiger partial charge in [0.15, 0.2) is 12.2 Å². The number of thiol groups is 1. The SMILES string of the molecule is O=C(C1CC1)C(c1ccccc1F)N1CCC(S)/C(=C/c2cocn2)C1. The second kappa shape index (κ2) is 7.37. The molecule has 6 heteroatoms. The predicted molar refractivity (Wildman–Crippen MR) is 100 cm³/mol. The quantitative estimate of drug-likeness (QED) is 0.808. The summed E-state index contributed by atoms with van der Waals surface area (Å²) in [5.74, 6) is -0.119. The van der Waals surface area contributed by atoms with E-state index in [1.54, 1.807) is 24.5 Å². The van der Waals surface area contributed by atoms with Crippen LogP contribution in [-0.4, -0.2) is 34.0 Å². The first-order valence-corrected chi connectivity index (χ1v) is 9.44. The molecule has 1 saturated carbocycles. The Morgan fingerprint density at radius 1 is 1.35 bits per heavy atom. The molecule has 1 saturated heterocycles. The average Bonchev–Trinajstić information content (AvgIpc) is 3.37. The molecule has 1 aliphatic heterocycles. The maximum Gasteiger partial charge on any atom is 0.181 e. The fourth-order valence-electron chi connectivity index (χ4n) is 3.56. The summed E-state index contributed by atoms with van der Waals surface area (Å²) in [7, 11) is 0. The Balaban J connectivity index is 1.65. The van der Waals surface area contributed by atoms with Crippen LogP contribution in [0.5, 0.6) is 0 Å². The van der Waals surface area contributed by atoms with E-state index >= 15 is 0 Å². The lowest BCUT2D eigenvalue weighted by Gasteiger charge is -2.37. The summed E-state index contributed by atoms with van der Waals surface area (Å²) in [5, 5.41) is 0.0975. The molecule has 0 N–H and O–H groups in total. The Morgan fingerprint density at radius 3 is 2.85 bits per heavy atom. The summed E-state index contributed by atoms with van der Waals surface area (Å²) in [6, 6.07) is 6.08. The normalized spacial score (nSPS) is 23.9. The molecule has 1 aromatic carbocycles. The van der Waals surface area contributed by atoms with Crippen LogP contribution in [0, 0.1) is 11.7 Å². The van der Waals surface area contributed by atoms with Gasteiger partial charge in [-0.3, -0.25) is 9.69 Å². The Morgan fingerprint density at radius 2 is 2.15 bits per heavy atom. The molecule has 1 aliphatic carbocycles. The maximum atomic E-state index is 14.5. The van der Waals surface area contributed by atoms with Crippen molar-refractivity contribution in [2.45, 2.75) is 30.6 Å². The first kappa shape index (κ1) is 17.5. The van der Waals surface area contributed by atoms with E-state index in [2.05, 4.69) is 22.5 Å². The number of aromatic nitrogens is 1. The van der Waals surface area contributed by atoms with E-state index < -0.39 is 6.04 Å². The number of oxazole rings is 1. The number of hydrogen-bond acceptors (Lipinski definition) is 5. The molecule has 2 aliphatic rings. The van der Waals surface area contributed by atoms with Gasteiger partial charge < -0.3 is 4.42 Å². The standard InChI is InChI=1S/C20H21FN2O2S/c21-17-4-2-1-3-16(17)19(20(24)13-5-6-13)23-8-7-18(26)14(10-23)9-15-11-25-12-22-15/h1-4,9,11-13,18-19,26H,5-8,10H2/b14-9+. The fourth-order valence-corrected chi connectivity index (χ4v) is 3.83. The third-order valence-electron chi connectivity index (χ3n) is 5.10. The molecule has 1 aromatic heterocycles. The van der Waals surface area contributed by atoms with E-state index in [4.69, 9.17) is 4.42 Å². The van der Waals surface area contributed by atoms with Gasteiger partial charge in [-0.25, -0.2) is 9.37 Å². The molecule has 2 aromatic rings. The number of hydrogen-bond donors (Lipinski definition) is 1. The van der Waals surface area contributed by atoms with Crippen molar-refractivity contribution < 1.29 is 13.6 Å². The maximum absolute atomic E-state index is 14.5. The van der Waals surface area contributed by atoms with Gasteiger partial charge >= 0.3 is 0 Å². The third-order valence-corrected chi connectivity index (χ3v) is 5.69. The molecule has 0 amide bonds. The summed E-state index contributed by atoms with van der Waals surface area (Å²) in [4.78, 5) is 19.2. The topological polar surface area (TPSA) is 46.3 Å². The van der Waals surface area contributed by atoms with Gasteiger partial charge in [0.1, 0.15) is 17.8 Å². The number of halogens is 1. The largest absolute Gasteiger partial charge is 0.451 e. The summed E-state index contributed by atoms with van der Waals surface area (Å²) >= 11 is 4.68. The molecule has 4 nitrogen and oxygen atoms in total. The molecule has 0 radical (unpaired) electrons. The lowest BCUT2D eigenvalue weighted by Crippen LogP contribution is -2.42. The molecule has 2 unspecified atom stereocenters. The van der Waals surface area contributed by atoms with Gasteiger partial charge in [0.2, 0.25) is 0 Å².